The van der Waals surface area contributed by atoms with Gasteiger partial charge in [0.25, 0.3) is 0 Å². The van der Waals surface area contributed by atoms with Gasteiger partial charge in [0.05, 0.1) is 12.1 Å². The smallest absolute Gasteiger partial charge is 0.335 e. The van der Waals surface area contributed by atoms with Gasteiger partial charge in [0.1, 0.15) is 11.3 Å². The van der Waals surface area contributed by atoms with Crippen molar-refractivity contribution in [3.8, 4) is 0 Å². The topological polar surface area (TPSA) is 91.6 Å². The van der Waals surface area contributed by atoms with E-state index in [0.29, 0.717) is 16.7 Å². The number of furan rings is 1. The van der Waals surface area contributed by atoms with Crippen molar-refractivity contribution in [3.05, 3.63) is 35.6 Å². The number of carboxylic acid groups (broad SMARTS) is 1. The van der Waals surface area contributed by atoms with Crippen LogP contribution >= 0.6 is 0 Å². The summed E-state index contributed by atoms with van der Waals surface area (Å²) in [6.45, 7) is 5.91. The number of hydrogen-bond donors (Lipinski definition) is 3. The van der Waals surface area contributed by atoms with E-state index in [0.717, 1.165) is 0 Å². The summed E-state index contributed by atoms with van der Waals surface area (Å²) < 4.78 is 5.55. The fourth-order valence-electron chi connectivity index (χ4n) is 1.87. The summed E-state index contributed by atoms with van der Waals surface area (Å²) in [5, 5.41) is 15.1. The van der Waals surface area contributed by atoms with Gasteiger partial charge < -0.3 is 20.2 Å². The number of amides is 2. The monoisotopic (exact) mass is 290 g/mol. The van der Waals surface area contributed by atoms with Crippen molar-refractivity contribution in [1.29, 1.82) is 0 Å². The van der Waals surface area contributed by atoms with Crippen LogP contribution in [0.1, 0.15) is 36.9 Å². The van der Waals surface area contributed by atoms with Crippen molar-refractivity contribution in [2.45, 2.75) is 32.9 Å². The Hall–Kier alpha value is -2.50. The molecule has 6 heteroatoms. The van der Waals surface area contributed by atoms with Crippen LogP contribution in [-0.4, -0.2) is 22.6 Å². The van der Waals surface area contributed by atoms with Crippen LogP contribution in [0.15, 0.2) is 28.7 Å². The number of benzene rings is 1. The molecule has 0 saturated carbocycles. The molecule has 2 rings (SSSR count). The fraction of sp³-hybridized carbons (Fsp3) is 0.333. The predicted molar refractivity (Wildman–Crippen MR) is 78.3 cm³/mol. The maximum absolute atomic E-state index is 11.6. The molecule has 0 aliphatic rings. The number of carboxylic acids is 1. The first-order valence-corrected chi connectivity index (χ1v) is 6.56. The minimum Gasteiger partial charge on any atom is -0.478 e. The van der Waals surface area contributed by atoms with Gasteiger partial charge in [0.15, 0.2) is 0 Å². The number of rotatable bonds is 3. The number of aromatic carboxylic acids is 1. The molecule has 0 atom stereocenters. The lowest BCUT2D eigenvalue weighted by atomic mass is 10.1. The van der Waals surface area contributed by atoms with E-state index in [1.807, 2.05) is 20.8 Å². The van der Waals surface area contributed by atoms with Gasteiger partial charge in [0.2, 0.25) is 0 Å². The Balaban J connectivity index is 2.06. The van der Waals surface area contributed by atoms with E-state index >= 15 is 0 Å². The van der Waals surface area contributed by atoms with Gasteiger partial charge in [-0.2, -0.15) is 0 Å². The lowest BCUT2D eigenvalue weighted by molar-refractivity contribution is 0.0697. The standard InChI is InChI=1S/C15H18N2O4/c1-15(2,3)17-14(20)16-8-11-7-10-6-9(13(18)19)4-5-12(10)21-11/h4-7H,8H2,1-3H3,(H,18,19)(H2,16,17,20). The molecule has 2 aromatic rings. The summed E-state index contributed by atoms with van der Waals surface area (Å²) in [6, 6.07) is 6.07. The molecule has 2 amide bonds. The first-order valence-electron chi connectivity index (χ1n) is 6.56. The van der Waals surface area contributed by atoms with Crippen LogP contribution in [0.3, 0.4) is 0 Å². The molecule has 0 spiro atoms. The molecule has 3 N–H and O–H groups in total. The van der Waals surface area contributed by atoms with Crippen LogP contribution in [-0.2, 0) is 6.54 Å². The minimum absolute atomic E-state index is 0.202. The van der Waals surface area contributed by atoms with E-state index < -0.39 is 5.97 Å². The third-order valence-electron chi connectivity index (χ3n) is 2.73. The molecule has 21 heavy (non-hydrogen) atoms. The molecule has 0 bridgehead atoms. The largest absolute Gasteiger partial charge is 0.478 e. The normalized spacial score (nSPS) is 11.4. The quantitative estimate of drug-likeness (QED) is 0.810. The highest BCUT2D eigenvalue weighted by Crippen LogP contribution is 2.20. The zero-order chi connectivity index (χ0) is 15.6. The second-order valence-electron chi connectivity index (χ2n) is 5.83. The van der Waals surface area contributed by atoms with Crippen LogP contribution in [0.25, 0.3) is 11.0 Å². The van der Waals surface area contributed by atoms with E-state index in [4.69, 9.17) is 9.52 Å². The van der Waals surface area contributed by atoms with Crippen molar-refractivity contribution in [1.82, 2.24) is 10.6 Å². The van der Waals surface area contributed by atoms with E-state index in [1.54, 1.807) is 18.2 Å². The van der Waals surface area contributed by atoms with Crippen molar-refractivity contribution < 1.29 is 19.1 Å². The third kappa shape index (κ3) is 3.98. The summed E-state index contributed by atoms with van der Waals surface area (Å²) in [4.78, 5) is 22.6. The molecule has 0 aliphatic carbocycles. The van der Waals surface area contributed by atoms with Gasteiger partial charge in [-0.1, -0.05) is 0 Å². The van der Waals surface area contributed by atoms with Gasteiger partial charge in [-0.3, -0.25) is 0 Å². The highest BCUT2D eigenvalue weighted by atomic mass is 16.4. The Morgan fingerprint density at radius 1 is 1.24 bits per heavy atom. The van der Waals surface area contributed by atoms with Crippen molar-refractivity contribution in [2.24, 2.45) is 0 Å². The molecule has 6 nitrogen and oxygen atoms in total. The van der Waals surface area contributed by atoms with Gasteiger partial charge in [-0.15, -0.1) is 0 Å². The Morgan fingerprint density at radius 2 is 1.95 bits per heavy atom. The molecule has 1 aromatic carbocycles. The lowest BCUT2D eigenvalue weighted by Crippen LogP contribution is -2.46. The molecule has 0 unspecified atom stereocenters. The number of hydrogen-bond acceptors (Lipinski definition) is 3. The maximum atomic E-state index is 11.6. The molecule has 1 heterocycles. The summed E-state index contributed by atoms with van der Waals surface area (Å²) in [5.41, 5.74) is 0.482. The van der Waals surface area contributed by atoms with Crippen molar-refractivity contribution >= 4 is 23.0 Å². The molecule has 1 aromatic heterocycles. The molecule has 0 radical (unpaired) electrons. The summed E-state index contributed by atoms with van der Waals surface area (Å²) in [7, 11) is 0. The van der Waals surface area contributed by atoms with E-state index in [2.05, 4.69) is 10.6 Å². The SMILES string of the molecule is CC(C)(C)NC(=O)NCc1cc2cc(C(=O)O)ccc2o1. The Kier molecular flexibility index (Phi) is 3.88. The van der Waals surface area contributed by atoms with Gasteiger partial charge in [-0.05, 0) is 45.0 Å². The Labute approximate surface area is 122 Å². The molecular formula is C15H18N2O4. The second kappa shape index (κ2) is 5.47. The summed E-state index contributed by atoms with van der Waals surface area (Å²) in [5.74, 6) is -0.418. The first-order chi connectivity index (χ1) is 9.74. The van der Waals surface area contributed by atoms with Crippen LogP contribution in [0.5, 0.6) is 0 Å². The van der Waals surface area contributed by atoms with Gasteiger partial charge in [-0.25, -0.2) is 9.59 Å². The van der Waals surface area contributed by atoms with Gasteiger partial charge >= 0.3 is 12.0 Å². The minimum atomic E-state index is -0.984. The van der Waals surface area contributed by atoms with Crippen LogP contribution in [0.4, 0.5) is 4.79 Å². The van der Waals surface area contributed by atoms with Crippen molar-refractivity contribution in [3.63, 3.8) is 0 Å². The highest BCUT2D eigenvalue weighted by Gasteiger charge is 2.14. The number of carbonyl (C=O) groups excluding carboxylic acids is 1. The summed E-state index contributed by atoms with van der Waals surface area (Å²) in [6.07, 6.45) is 0. The van der Waals surface area contributed by atoms with E-state index in [-0.39, 0.29) is 23.7 Å². The Bertz CT molecular complexity index is 683. The van der Waals surface area contributed by atoms with Crippen LogP contribution < -0.4 is 10.6 Å². The molecule has 0 aliphatic heterocycles. The zero-order valence-electron chi connectivity index (χ0n) is 12.2. The second-order valence-corrected chi connectivity index (χ2v) is 5.83. The van der Waals surface area contributed by atoms with E-state index in [1.165, 1.54) is 6.07 Å². The average molecular weight is 290 g/mol. The number of fused-ring (bicyclic) bond motifs is 1. The number of urea groups is 1. The van der Waals surface area contributed by atoms with Crippen molar-refractivity contribution in [2.75, 3.05) is 0 Å². The van der Waals surface area contributed by atoms with Gasteiger partial charge in [0, 0.05) is 10.9 Å². The maximum Gasteiger partial charge on any atom is 0.335 e. The molecule has 112 valence electrons. The molecule has 0 fully saturated rings. The van der Waals surface area contributed by atoms with Crippen LogP contribution in [0, 0.1) is 0 Å². The Morgan fingerprint density at radius 3 is 2.57 bits per heavy atom. The average Bonchev–Trinajstić information content (AvgIpc) is 2.75. The zero-order valence-corrected chi connectivity index (χ0v) is 12.2. The summed E-state index contributed by atoms with van der Waals surface area (Å²) >= 11 is 0. The highest BCUT2D eigenvalue weighted by molar-refractivity contribution is 5.93. The number of carbonyl (C=O) groups is 2. The molecular weight excluding hydrogens is 272 g/mol. The van der Waals surface area contributed by atoms with Crippen LogP contribution in [0.2, 0.25) is 0 Å². The molecule has 0 saturated heterocycles. The first kappa shape index (κ1) is 14.9. The lowest BCUT2D eigenvalue weighted by Gasteiger charge is -2.20. The third-order valence-corrected chi connectivity index (χ3v) is 2.73. The van der Waals surface area contributed by atoms with E-state index in [9.17, 15) is 9.59 Å². The fourth-order valence-corrected chi connectivity index (χ4v) is 1.87. The predicted octanol–water partition coefficient (Wildman–Crippen LogP) is 2.73. The number of nitrogens with one attached hydrogen (secondary N) is 2.